The van der Waals surface area contributed by atoms with E-state index < -0.39 is 0 Å². The minimum absolute atomic E-state index is 0.0744. The van der Waals surface area contributed by atoms with Crippen molar-refractivity contribution >= 4 is 28.3 Å². The molecule has 0 unspecified atom stereocenters. The average molecular weight is 422 g/mol. The van der Waals surface area contributed by atoms with E-state index in [0.29, 0.717) is 24.6 Å². The Labute approximate surface area is 181 Å². The highest BCUT2D eigenvalue weighted by Gasteiger charge is 2.26. The number of hydrogen-bond donors (Lipinski definition) is 2. The number of carbonyl (C=O) groups excluding carboxylic acids is 1. The first-order chi connectivity index (χ1) is 15.1. The quantitative estimate of drug-likeness (QED) is 0.645. The van der Waals surface area contributed by atoms with Gasteiger partial charge in [0.1, 0.15) is 6.33 Å². The van der Waals surface area contributed by atoms with Crippen LogP contribution >= 0.6 is 0 Å². The fraction of sp³-hybridized carbons (Fsp3) is 0.348. The van der Waals surface area contributed by atoms with Gasteiger partial charge in [0, 0.05) is 48.9 Å². The number of carbonyl (C=O) groups is 1. The fourth-order valence-electron chi connectivity index (χ4n) is 4.01. The lowest BCUT2D eigenvalue weighted by Gasteiger charge is -2.32. The summed E-state index contributed by atoms with van der Waals surface area (Å²) in [6.07, 6.45) is 3.27. The summed E-state index contributed by atoms with van der Waals surface area (Å²) in [6.45, 7) is 1.34. The standard InChI is InChI=1S/C23H27N5O3/c1-24-16-4-6-17(7-5-16)27-23(29)28-10-8-15(9-11-28)22-18-12-20(30-2)21(31-3)13-19(18)25-14-26-22/h4-7,12-15,24H,8-11H2,1-3H3,(H,27,29). The number of anilines is 2. The number of likely N-dealkylation sites (tertiary alicyclic amines) is 1. The summed E-state index contributed by atoms with van der Waals surface area (Å²) in [5.41, 5.74) is 3.61. The fourth-order valence-corrected chi connectivity index (χ4v) is 4.01. The number of urea groups is 1. The molecular formula is C23H27N5O3. The maximum absolute atomic E-state index is 12.7. The molecule has 0 spiro atoms. The zero-order valence-electron chi connectivity index (χ0n) is 18.0. The van der Waals surface area contributed by atoms with Crippen LogP contribution in [0.3, 0.4) is 0 Å². The molecule has 2 heterocycles. The molecule has 31 heavy (non-hydrogen) atoms. The van der Waals surface area contributed by atoms with Gasteiger partial charge in [0.25, 0.3) is 0 Å². The van der Waals surface area contributed by atoms with Gasteiger partial charge in [0.05, 0.1) is 25.4 Å². The Hall–Kier alpha value is -3.55. The SMILES string of the molecule is CNc1ccc(NC(=O)N2CCC(c3ncnc4cc(OC)c(OC)cc34)CC2)cc1. The van der Waals surface area contributed by atoms with Gasteiger partial charge >= 0.3 is 6.03 Å². The van der Waals surface area contributed by atoms with Crippen LogP contribution in [0, 0.1) is 0 Å². The average Bonchev–Trinajstić information content (AvgIpc) is 2.83. The predicted octanol–water partition coefficient (Wildman–Crippen LogP) is 4.10. The van der Waals surface area contributed by atoms with E-state index in [1.165, 1.54) is 0 Å². The first-order valence-corrected chi connectivity index (χ1v) is 10.3. The summed E-state index contributed by atoms with van der Waals surface area (Å²) in [4.78, 5) is 23.5. The second-order valence-electron chi connectivity index (χ2n) is 7.50. The number of benzene rings is 2. The van der Waals surface area contributed by atoms with E-state index >= 15 is 0 Å². The number of aromatic nitrogens is 2. The third kappa shape index (κ3) is 4.33. The van der Waals surface area contributed by atoms with Crippen molar-refractivity contribution in [3.8, 4) is 11.5 Å². The molecule has 2 aromatic carbocycles. The lowest BCUT2D eigenvalue weighted by atomic mass is 9.91. The largest absolute Gasteiger partial charge is 0.493 e. The molecule has 0 aliphatic carbocycles. The van der Waals surface area contributed by atoms with Crippen LogP contribution in [0.4, 0.5) is 16.2 Å². The highest BCUT2D eigenvalue weighted by molar-refractivity contribution is 5.89. The second kappa shape index (κ2) is 9.07. The van der Waals surface area contributed by atoms with Gasteiger partial charge in [-0.3, -0.25) is 0 Å². The third-order valence-corrected chi connectivity index (χ3v) is 5.77. The van der Waals surface area contributed by atoms with Crippen LogP contribution < -0.4 is 20.1 Å². The van der Waals surface area contributed by atoms with Gasteiger partial charge in [0.15, 0.2) is 11.5 Å². The van der Waals surface area contributed by atoms with Gasteiger partial charge in [-0.25, -0.2) is 14.8 Å². The maximum Gasteiger partial charge on any atom is 0.321 e. The molecule has 1 fully saturated rings. The topological polar surface area (TPSA) is 88.6 Å². The molecule has 8 nitrogen and oxygen atoms in total. The lowest BCUT2D eigenvalue weighted by molar-refractivity contribution is 0.194. The van der Waals surface area contributed by atoms with Gasteiger partial charge in [-0.2, -0.15) is 0 Å². The highest BCUT2D eigenvalue weighted by Crippen LogP contribution is 2.36. The lowest BCUT2D eigenvalue weighted by Crippen LogP contribution is -2.40. The number of hydrogen-bond acceptors (Lipinski definition) is 6. The summed E-state index contributed by atoms with van der Waals surface area (Å²) >= 11 is 0. The number of rotatable bonds is 5. The molecule has 0 saturated carbocycles. The number of methoxy groups -OCH3 is 2. The molecule has 0 radical (unpaired) electrons. The summed E-state index contributed by atoms with van der Waals surface area (Å²) in [6, 6.07) is 11.4. The molecule has 4 rings (SSSR count). The first kappa shape index (κ1) is 20.7. The number of amides is 2. The van der Waals surface area contributed by atoms with E-state index in [1.54, 1.807) is 20.5 Å². The molecule has 1 saturated heterocycles. The van der Waals surface area contributed by atoms with Gasteiger partial charge in [0.2, 0.25) is 0 Å². The zero-order valence-corrected chi connectivity index (χ0v) is 18.0. The summed E-state index contributed by atoms with van der Waals surface area (Å²) in [7, 11) is 5.10. The van der Waals surface area contributed by atoms with Crippen molar-refractivity contribution in [3.63, 3.8) is 0 Å². The van der Waals surface area contributed by atoms with Gasteiger partial charge in [-0.15, -0.1) is 0 Å². The van der Waals surface area contributed by atoms with E-state index in [4.69, 9.17) is 9.47 Å². The van der Waals surface area contributed by atoms with Crippen LogP contribution in [0.25, 0.3) is 10.9 Å². The molecular weight excluding hydrogens is 394 g/mol. The minimum Gasteiger partial charge on any atom is -0.493 e. The van der Waals surface area contributed by atoms with Crippen LogP contribution in [0.1, 0.15) is 24.5 Å². The van der Waals surface area contributed by atoms with E-state index in [9.17, 15) is 4.79 Å². The normalized spacial score (nSPS) is 14.4. The smallest absolute Gasteiger partial charge is 0.321 e. The second-order valence-corrected chi connectivity index (χ2v) is 7.50. The Bertz CT molecular complexity index is 1060. The zero-order chi connectivity index (χ0) is 21.8. The number of nitrogens with one attached hydrogen (secondary N) is 2. The molecule has 1 aliphatic rings. The third-order valence-electron chi connectivity index (χ3n) is 5.77. The molecule has 2 amide bonds. The summed E-state index contributed by atoms with van der Waals surface area (Å²) < 4.78 is 10.9. The van der Waals surface area contributed by atoms with Crippen molar-refractivity contribution in [3.05, 3.63) is 48.4 Å². The van der Waals surface area contributed by atoms with Crippen LogP contribution in [-0.4, -0.2) is 55.3 Å². The highest BCUT2D eigenvalue weighted by atomic mass is 16.5. The number of piperidine rings is 1. The molecule has 1 aromatic heterocycles. The summed E-state index contributed by atoms with van der Waals surface area (Å²) in [5.74, 6) is 1.56. The van der Waals surface area contributed by atoms with Crippen LogP contribution in [-0.2, 0) is 0 Å². The Balaban J connectivity index is 1.45. The predicted molar refractivity (Wildman–Crippen MR) is 121 cm³/mol. The molecule has 0 atom stereocenters. The number of ether oxygens (including phenoxy) is 2. The van der Waals surface area contributed by atoms with Crippen molar-refractivity contribution in [1.29, 1.82) is 0 Å². The molecule has 0 bridgehead atoms. The van der Waals surface area contributed by atoms with Crippen molar-refractivity contribution in [1.82, 2.24) is 14.9 Å². The van der Waals surface area contributed by atoms with Crippen LogP contribution in [0.15, 0.2) is 42.7 Å². The van der Waals surface area contributed by atoms with E-state index in [1.807, 2.05) is 48.3 Å². The summed E-state index contributed by atoms with van der Waals surface area (Å²) in [5, 5.41) is 7.01. The molecule has 162 valence electrons. The van der Waals surface area contributed by atoms with Crippen molar-refractivity contribution in [2.45, 2.75) is 18.8 Å². The van der Waals surface area contributed by atoms with E-state index in [2.05, 4.69) is 20.6 Å². The minimum atomic E-state index is -0.0744. The van der Waals surface area contributed by atoms with Crippen molar-refractivity contribution in [2.75, 3.05) is 45.0 Å². The maximum atomic E-state index is 12.7. The molecule has 3 aromatic rings. The van der Waals surface area contributed by atoms with Crippen LogP contribution in [0.2, 0.25) is 0 Å². The first-order valence-electron chi connectivity index (χ1n) is 10.3. The van der Waals surface area contributed by atoms with Crippen molar-refractivity contribution < 1.29 is 14.3 Å². The van der Waals surface area contributed by atoms with Gasteiger partial charge in [-0.05, 0) is 43.2 Å². The monoisotopic (exact) mass is 421 g/mol. The molecule has 1 aliphatic heterocycles. The van der Waals surface area contributed by atoms with Gasteiger partial charge in [-0.1, -0.05) is 0 Å². The Morgan fingerprint density at radius 1 is 1.00 bits per heavy atom. The number of fused-ring (bicyclic) bond motifs is 1. The number of nitrogens with zero attached hydrogens (tertiary/aromatic N) is 3. The van der Waals surface area contributed by atoms with E-state index in [-0.39, 0.29) is 11.9 Å². The molecule has 2 N–H and O–H groups in total. The molecule has 8 heteroatoms. The van der Waals surface area contributed by atoms with E-state index in [0.717, 1.165) is 40.8 Å². The van der Waals surface area contributed by atoms with Gasteiger partial charge < -0.3 is 25.0 Å². The van der Waals surface area contributed by atoms with Crippen molar-refractivity contribution in [2.24, 2.45) is 0 Å². The Kier molecular flexibility index (Phi) is 6.06. The Morgan fingerprint density at radius 2 is 1.65 bits per heavy atom. The Morgan fingerprint density at radius 3 is 2.29 bits per heavy atom. The van der Waals surface area contributed by atoms with Crippen LogP contribution in [0.5, 0.6) is 11.5 Å².